The number of anilines is 1. The van der Waals surface area contributed by atoms with Gasteiger partial charge in [-0.15, -0.1) is 0 Å². The van der Waals surface area contributed by atoms with E-state index in [-0.39, 0.29) is 5.69 Å². The number of hydrogen-bond donors (Lipinski definition) is 1. The first-order valence-corrected chi connectivity index (χ1v) is 4.85. The van der Waals surface area contributed by atoms with E-state index in [1.165, 1.54) is 12.1 Å². The molecule has 0 unspecified atom stereocenters. The third-order valence-electron chi connectivity index (χ3n) is 2.17. The van der Waals surface area contributed by atoms with Gasteiger partial charge >= 0.3 is 0 Å². The standard InChI is InChI=1S/C12H12FNO/c13-11-8-10(6-7-12(11)14)15-9-4-2-1-3-5-9/h2,4-8H,1,3,14H2. The Kier molecular flexibility index (Phi) is 2.72. The largest absolute Gasteiger partial charge is 0.458 e. The number of nitrogens with two attached hydrogens (primary N) is 1. The first-order chi connectivity index (χ1) is 7.25. The molecule has 0 spiro atoms. The minimum Gasteiger partial charge on any atom is -0.458 e. The number of rotatable bonds is 2. The molecular weight excluding hydrogens is 193 g/mol. The van der Waals surface area contributed by atoms with Gasteiger partial charge in [-0.2, -0.15) is 0 Å². The molecule has 0 aromatic heterocycles. The fraction of sp³-hybridized carbons (Fsp3) is 0.167. The number of halogens is 1. The highest BCUT2D eigenvalue weighted by atomic mass is 19.1. The summed E-state index contributed by atoms with van der Waals surface area (Å²) in [6.07, 6.45) is 7.89. The SMILES string of the molecule is Nc1ccc(OC2=CCCC=C2)cc1F. The molecule has 1 aromatic carbocycles. The summed E-state index contributed by atoms with van der Waals surface area (Å²) >= 11 is 0. The molecule has 0 fully saturated rings. The minimum atomic E-state index is -0.451. The Bertz CT molecular complexity index is 424. The van der Waals surface area contributed by atoms with Crippen LogP contribution in [0.5, 0.6) is 5.75 Å². The van der Waals surface area contributed by atoms with Crippen molar-refractivity contribution in [1.82, 2.24) is 0 Å². The van der Waals surface area contributed by atoms with Crippen molar-refractivity contribution in [2.24, 2.45) is 0 Å². The highest BCUT2D eigenvalue weighted by molar-refractivity contribution is 5.44. The predicted octanol–water partition coefficient (Wildman–Crippen LogP) is 3.02. The van der Waals surface area contributed by atoms with Gasteiger partial charge in [-0.05, 0) is 37.1 Å². The van der Waals surface area contributed by atoms with Crippen LogP contribution in [-0.2, 0) is 0 Å². The number of hydrogen-bond acceptors (Lipinski definition) is 2. The normalized spacial score (nSPS) is 14.9. The van der Waals surface area contributed by atoms with Gasteiger partial charge in [-0.25, -0.2) is 4.39 Å². The molecule has 3 heteroatoms. The van der Waals surface area contributed by atoms with E-state index in [4.69, 9.17) is 10.5 Å². The summed E-state index contributed by atoms with van der Waals surface area (Å²) in [4.78, 5) is 0. The van der Waals surface area contributed by atoms with Gasteiger partial charge < -0.3 is 10.5 Å². The molecule has 2 nitrogen and oxygen atoms in total. The van der Waals surface area contributed by atoms with Crippen molar-refractivity contribution in [2.45, 2.75) is 12.8 Å². The van der Waals surface area contributed by atoms with Crippen LogP contribution in [0.3, 0.4) is 0 Å². The molecule has 0 saturated carbocycles. The number of benzene rings is 1. The second-order valence-electron chi connectivity index (χ2n) is 3.37. The molecule has 15 heavy (non-hydrogen) atoms. The van der Waals surface area contributed by atoms with Crippen LogP contribution >= 0.6 is 0 Å². The maximum Gasteiger partial charge on any atom is 0.149 e. The van der Waals surface area contributed by atoms with Crippen molar-refractivity contribution in [2.75, 3.05) is 5.73 Å². The molecule has 1 aliphatic rings. The van der Waals surface area contributed by atoms with Gasteiger partial charge in [-0.3, -0.25) is 0 Å². The summed E-state index contributed by atoms with van der Waals surface area (Å²) in [5.74, 6) is 0.776. The first kappa shape index (κ1) is 9.77. The molecule has 0 atom stereocenters. The average Bonchev–Trinajstić information content (AvgIpc) is 2.25. The van der Waals surface area contributed by atoms with Crippen LogP contribution in [0.4, 0.5) is 10.1 Å². The monoisotopic (exact) mass is 205 g/mol. The van der Waals surface area contributed by atoms with Gasteiger partial charge in [0.05, 0.1) is 5.69 Å². The van der Waals surface area contributed by atoms with Crippen LogP contribution in [0.2, 0.25) is 0 Å². The molecule has 1 aromatic rings. The van der Waals surface area contributed by atoms with Gasteiger partial charge in [0.15, 0.2) is 0 Å². The molecule has 2 rings (SSSR count). The highest BCUT2D eigenvalue weighted by Crippen LogP contribution is 2.21. The van der Waals surface area contributed by atoms with Gasteiger partial charge in [0.2, 0.25) is 0 Å². The van der Waals surface area contributed by atoms with Crippen LogP contribution in [0, 0.1) is 5.82 Å². The second-order valence-corrected chi connectivity index (χ2v) is 3.37. The Morgan fingerprint density at radius 2 is 2.13 bits per heavy atom. The zero-order valence-electron chi connectivity index (χ0n) is 8.24. The molecule has 0 amide bonds. The van der Waals surface area contributed by atoms with Crippen molar-refractivity contribution in [3.05, 3.63) is 48.0 Å². The highest BCUT2D eigenvalue weighted by Gasteiger charge is 2.03. The summed E-state index contributed by atoms with van der Waals surface area (Å²) in [7, 11) is 0. The zero-order valence-corrected chi connectivity index (χ0v) is 8.24. The fourth-order valence-corrected chi connectivity index (χ4v) is 1.37. The maximum atomic E-state index is 13.1. The Morgan fingerprint density at radius 3 is 2.80 bits per heavy atom. The van der Waals surface area contributed by atoms with E-state index < -0.39 is 5.82 Å². The van der Waals surface area contributed by atoms with E-state index in [2.05, 4.69) is 0 Å². The van der Waals surface area contributed by atoms with Crippen molar-refractivity contribution in [3.8, 4) is 5.75 Å². The van der Waals surface area contributed by atoms with Crippen LogP contribution in [-0.4, -0.2) is 0 Å². The molecule has 2 N–H and O–H groups in total. The summed E-state index contributed by atoms with van der Waals surface area (Å²) < 4.78 is 18.6. The molecule has 78 valence electrons. The van der Waals surface area contributed by atoms with E-state index in [0.717, 1.165) is 18.6 Å². The Balaban J connectivity index is 2.14. The number of ether oxygens (including phenoxy) is 1. The summed E-state index contributed by atoms with van der Waals surface area (Å²) in [6, 6.07) is 4.44. The van der Waals surface area contributed by atoms with Crippen LogP contribution in [0.15, 0.2) is 42.2 Å². The van der Waals surface area contributed by atoms with E-state index >= 15 is 0 Å². The Hall–Kier alpha value is -1.77. The average molecular weight is 205 g/mol. The lowest BCUT2D eigenvalue weighted by Gasteiger charge is -2.09. The van der Waals surface area contributed by atoms with Gasteiger partial charge in [0, 0.05) is 6.07 Å². The lowest BCUT2D eigenvalue weighted by Crippen LogP contribution is -1.97. The van der Waals surface area contributed by atoms with E-state index in [1.807, 2.05) is 18.2 Å². The maximum absolute atomic E-state index is 13.1. The minimum absolute atomic E-state index is 0.135. The smallest absolute Gasteiger partial charge is 0.149 e. The van der Waals surface area contributed by atoms with Gasteiger partial charge in [-0.1, -0.05) is 6.08 Å². The molecule has 0 bridgehead atoms. The summed E-state index contributed by atoms with van der Waals surface area (Å²) in [6.45, 7) is 0. The lowest BCUT2D eigenvalue weighted by atomic mass is 10.2. The lowest BCUT2D eigenvalue weighted by molar-refractivity contribution is 0.435. The van der Waals surface area contributed by atoms with Crippen molar-refractivity contribution in [1.29, 1.82) is 0 Å². The quantitative estimate of drug-likeness (QED) is 0.753. The predicted molar refractivity (Wildman–Crippen MR) is 57.9 cm³/mol. The van der Waals surface area contributed by atoms with Gasteiger partial charge in [0.1, 0.15) is 17.3 Å². The second kappa shape index (κ2) is 4.17. The summed E-state index contributed by atoms with van der Waals surface area (Å²) in [5.41, 5.74) is 5.50. The van der Waals surface area contributed by atoms with E-state index in [9.17, 15) is 4.39 Å². The van der Waals surface area contributed by atoms with E-state index in [1.54, 1.807) is 6.07 Å². The topological polar surface area (TPSA) is 35.2 Å². The van der Waals surface area contributed by atoms with Crippen LogP contribution in [0.25, 0.3) is 0 Å². The molecule has 0 radical (unpaired) electrons. The third-order valence-corrected chi connectivity index (χ3v) is 2.17. The third kappa shape index (κ3) is 2.37. The molecule has 0 aliphatic heterocycles. The zero-order chi connectivity index (χ0) is 10.7. The number of allylic oxidation sites excluding steroid dienone is 3. The van der Waals surface area contributed by atoms with Crippen LogP contribution < -0.4 is 10.5 Å². The van der Waals surface area contributed by atoms with E-state index in [0.29, 0.717) is 5.75 Å². The molecular formula is C12H12FNO. The fourth-order valence-electron chi connectivity index (χ4n) is 1.37. The number of nitrogen functional groups attached to an aromatic ring is 1. The molecule has 1 aliphatic carbocycles. The van der Waals surface area contributed by atoms with Crippen molar-refractivity contribution < 1.29 is 9.13 Å². The molecule has 0 heterocycles. The first-order valence-electron chi connectivity index (χ1n) is 4.85. The van der Waals surface area contributed by atoms with Crippen LogP contribution in [0.1, 0.15) is 12.8 Å². The van der Waals surface area contributed by atoms with Gasteiger partial charge in [0.25, 0.3) is 0 Å². The summed E-state index contributed by atoms with van der Waals surface area (Å²) in [5, 5.41) is 0. The molecule has 0 saturated heterocycles. The van der Waals surface area contributed by atoms with Crippen molar-refractivity contribution in [3.63, 3.8) is 0 Å². The Labute approximate surface area is 87.9 Å². The Morgan fingerprint density at radius 1 is 1.27 bits per heavy atom. The van der Waals surface area contributed by atoms with Crippen molar-refractivity contribution >= 4 is 5.69 Å².